The number of amides is 1. The molecule has 0 saturated heterocycles. The summed E-state index contributed by atoms with van der Waals surface area (Å²) in [5, 5.41) is 6.81. The molecule has 1 unspecified atom stereocenters. The lowest BCUT2D eigenvalue weighted by molar-refractivity contribution is -0.144. The minimum Gasteiger partial charge on any atom is -0.493 e. The van der Waals surface area contributed by atoms with Gasteiger partial charge in [0.2, 0.25) is 5.91 Å². The molecule has 0 bridgehead atoms. The normalized spacial score (nSPS) is 11.8. The summed E-state index contributed by atoms with van der Waals surface area (Å²) in [6, 6.07) is 10.6. The maximum atomic E-state index is 12.1. The van der Waals surface area contributed by atoms with Crippen molar-refractivity contribution in [1.29, 1.82) is 0 Å². The van der Waals surface area contributed by atoms with Crippen molar-refractivity contribution in [2.45, 2.75) is 65.3 Å². The van der Waals surface area contributed by atoms with Crippen LogP contribution in [0.1, 0.15) is 58.4 Å². The van der Waals surface area contributed by atoms with Crippen LogP contribution in [0.2, 0.25) is 0 Å². The number of benzene rings is 2. The third-order valence-electron chi connectivity index (χ3n) is 6.97. The average molecular weight is 580 g/mol. The predicted octanol–water partition coefficient (Wildman–Crippen LogP) is 5.27. The standard InChI is InChI=1S/C32H45N5O5/c1-6-8-15-37(16-9-7-2)17-10-18-42-30-20-26-27(21-29(30)40-4)33-22-34-31(26)36-25-13-11-24(12-14-25)19-28(32(39)41-5)35-23(3)38/h11-14,20-22,28H,6-10,15-19H2,1-5H3,(H,35,38)(H,33,34,36). The fourth-order valence-corrected chi connectivity index (χ4v) is 4.68. The molecule has 1 amide bonds. The van der Waals surface area contributed by atoms with Crippen LogP contribution < -0.4 is 20.1 Å². The number of fused-ring (bicyclic) bond motifs is 1. The van der Waals surface area contributed by atoms with Crippen LogP contribution in [0.4, 0.5) is 11.5 Å². The van der Waals surface area contributed by atoms with Gasteiger partial charge in [-0.1, -0.05) is 38.8 Å². The first-order valence-corrected chi connectivity index (χ1v) is 14.8. The first-order chi connectivity index (χ1) is 20.4. The number of anilines is 2. The summed E-state index contributed by atoms with van der Waals surface area (Å²) >= 11 is 0. The molecule has 0 saturated carbocycles. The first-order valence-electron chi connectivity index (χ1n) is 14.8. The molecule has 10 nitrogen and oxygen atoms in total. The van der Waals surface area contributed by atoms with Crippen molar-refractivity contribution in [3.8, 4) is 11.5 Å². The van der Waals surface area contributed by atoms with Gasteiger partial charge in [-0.25, -0.2) is 14.8 Å². The summed E-state index contributed by atoms with van der Waals surface area (Å²) < 4.78 is 16.6. The van der Waals surface area contributed by atoms with Crippen molar-refractivity contribution in [2.75, 3.05) is 45.8 Å². The quantitative estimate of drug-likeness (QED) is 0.154. The third kappa shape index (κ3) is 9.87. The van der Waals surface area contributed by atoms with E-state index in [1.165, 1.54) is 46.0 Å². The Balaban J connectivity index is 1.70. The highest BCUT2D eigenvalue weighted by Crippen LogP contribution is 2.35. The van der Waals surface area contributed by atoms with Crippen molar-refractivity contribution in [3.05, 3.63) is 48.3 Å². The summed E-state index contributed by atoms with van der Waals surface area (Å²) in [7, 11) is 2.93. The lowest BCUT2D eigenvalue weighted by Crippen LogP contribution is -2.41. The van der Waals surface area contributed by atoms with E-state index in [4.69, 9.17) is 14.2 Å². The van der Waals surface area contributed by atoms with Gasteiger partial charge in [-0.2, -0.15) is 0 Å². The van der Waals surface area contributed by atoms with Crippen LogP contribution in [0.5, 0.6) is 11.5 Å². The molecule has 0 aliphatic rings. The van der Waals surface area contributed by atoms with Gasteiger partial charge in [-0.05, 0) is 56.1 Å². The number of hydrogen-bond donors (Lipinski definition) is 2. The molecule has 1 aromatic heterocycles. The van der Waals surface area contributed by atoms with Crippen LogP contribution in [-0.2, 0) is 20.7 Å². The fraction of sp³-hybridized carbons (Fsp3) is 0.500. The summed E-state index contributed by atoms with van der Waals surface area (Å²) in [6.07, 6.45) is 7.58. The van der Waals surface area contributed by atoms with Gasteiger partial charge in [-0.15, -0.1) is 0 Å². The highest BCUT2D eigenvalue weighted by Gasteiger charge is 2.20. The SMILES string of the molecule is CCCCN(CCCC)CCCOc1cc2c(Nc3ccc(CC(NC(C)=O)C(=O)OC)cc3)ncnc2cc1OC. The van der Waals surface area contributed by atoms with Gasteiger partial charge in [0.25, 0.3) is 0 Å². The average Bonchev–Trinajstić information content (AvgIpc) is 2.99. The van der Waals surface area contributed by atoms with E-state index in [-0.39, 0.29) is 5.91 Å². The van der Waals surface area contributed by atoms with Crippen LogP contribution in [0, 0.1) is 0 Å². The number of aromatic nitrogens is 2. The summed E-state index contributed by atoms with van der Waals surface area (Å²) in [5.41, 5.74) is 2.42. The monoisotopic (exact) mass is 579 g/mol. The Labute approximate surface area is 249 Å². The van der Waals surface area contributed by atoms with Gasteiger partial charge in [-0.3, -0.25) is 4.79 Å². The molecule has 228 valence electrons. The number of carbonyl (C=O) groups excluding carboxylic acids is 2. The third-order valence-corrected chi connectivity index (χ3v) is 6.97. The molecular formula is C32H45N5O5. The molecule has 1 atom stereocenters. The minimum absolute atomic E-state index is 0.291. The molecule has 0 aliphatic carbocycles. The molecule has 42 heavy (non-hydrogen) atoms. The molecule has 0 spiro atoms. The molecule has 3 aromatic rings. The highest BCUT2D eigenvalue weighted by atomic mass is 16.5. The number of nitrogens with zero attached hydrogens (tertiary/aromatic N) is 3. The van der Waals surface area contributed by atoms with Gasteiger partial charge in [0, 0.05) is 37.0 Å². The van der Waals surface area contributed by atoms with Crippen LogP contribution in [0.15, 0.2) is 42.7 Å². The smallest absolute Gasteiger partial charge is 0.328 e. The molecule has 2 aromatic carbocycles. The van der Waals surface area contributed by atoms with E-state index >= 15 is 0 Å². The van der Waals surface area contributed by atoms with Gasteiger partial charge in [0.15, 0.2) is 11.5 Å². The molecule has 0 fully saturated rings. The number of rotatable bonds is 18. The van der Waals surface area contributed by atoms with Crippen molar-refractivity contribution in [1.82, 2.24) is 20.2 Å². The topological polar surface area (TPSA) is 115 Å². The van der Waals surface area contributed by atoms with E-state index in [1.54, 1.807) is 7.11 Å². The van der Waals surface area contributed by atoms with Gasteiger partial charge in [0.05, 0.1) is 26.3 Å². The van der Waals surface area contributed by atoms with E-state index in [9.17, 15) is 9.59 Å². The molecule has 2 N–H and O–H groups in total. The molecule has 10 heteroatoms. The zero-order valence-electron chi connectivity index (χ0n) is 25.6. The summed E-state index contributed by atoms with van der Waals surface area (Å²) in [5.74, 6) is 1.14. The summed E-state index contributed by atoms with van der Waals surface area (Å²) in [6.45, 7) is 9.68. The number of esters is 1. The second-order valence-corrected chi connectivity index (χ2v) is 10.3. The number of hydrogen-bond acceptors (Lipinski definition) is 9. The van der Waals surface area contributed by atoms with E-state index < -0.39 is 12.0 Å². The minimum atomic E-state index is -0.749. The molecular weight excluding hydrogens is 534 g/mol. The van der Waals surface area contributed by atoms with E-state index in [0.717, 1.165) is 48.2 Å². The Morgan fingerprint density at radius 3 is 2.24 bits per heavy atom. The number of unbranched alkanes of at least 4 members (excludes halogenated alkanes) is 2. The van der Waals surface area contributed by atoms with Crippen molar-refractivity contribution in [3.63, 3.8) is 0 Å². The Bertz CT molecular complexity index is 1280. The Kier molecular flexibility index (Phi) is 13.3. The van der Waals surface area contributed by atoms with Crippen LogP contribution in [0.25, 0.3) is 10.9 Å². The van der Waals surface area contributed by atoms with Gasteiger partial charge < -0.3 is 29.7 Å². The molecule has 0 radical (unpaired) electrons. The zero-order valence-corrected chi connectivity index (χ0v) is 25.6. The van der Waals surface area contributed by atoms with E-state index in [1.807, 2.05) is 36.4 Å². The van der Waals surface area contributed by atoms with Gasteiger partial charge >= 0.3 is 5.97 Å². The fourth-order valence-electron chi connectivity index (χ4n) is 4.68. The molecule has 1 heterocycles. The van der Waals surface area contributed by atoms with Crippen LogP contribution in [-0.4, -0.2) is 73.2 Å². The van der Waals surface area contributed by atoms with E-state index in [0.29, 0.717) is 30.3 Å². The molecule has 0 aliphatic heterocycles. The summed E-state index contributed by atoms with van der Waals surface area (Å²) in [4.78, 5) is 35.0. The maximum absolute atomic E-state index is 12.1. The van der Waals surface area contributed by atoms with Crippen LogP contribution >= 0.6 is 0 Å². The van der Waals surface area contributed by atoms with Crippen molar-refractivity contribution in [2.24, 2.45) is 0 Å². The molecule has 3 rings (SSSR count). The Morgan fingerprint density at radius 2 is 1.62 bits per heavy atom. The van der Waals surface area contributed by atoms with Gasteiger partial charge in [0.1, 0.15) is 18.2 Å². The lowest BCUT2D eigenvalue weighted by Gasteiger charge is -2.22. The first kappa shape index (κ1) is 32.6. The second-order valence-electron chi connectivity index (χ2n) is 10.3. The number of nitrogens with one attached hydrogen (secondary N) is 2. The number of ether oxygens (including phenoxy) is 3. The lowest BCUT2D eigenvalue weighted by atomic mass is 10.1. The highest BCUT2D eigenvalue weighted by molar-refractivity contribution is 5.93. The van der Waals surface area contributed by atoms with E-state index in [2.05, 4.69) is 39.3 Å². The maximum Gasteiger partial charge on any atom is 0.328 e. The predicted molar refractivity (Wildman–Crippen MR) is 166 cm³/mol. The van der Waals surface area contributed by atoms with Crippen molar-refractivity contribution >= 4 is 34.3 Å². The Hall–Kier alpha value is -3.92. The largest absolute Gasteiger partial charge is 0.493 e. The van der Waals surface area contributed by atoms with Crippen LogP contribution in [0.3, 0.4) is 0 Å². The number of methoxy groups -OCH3 is 2. The second kappa shape index (κ2) is 17.1. The Morgan fingerprint density at radius 1 is 0.929 bits per heavy atom. The zero-order chi connectivity index (χ0) is 30.3. The van der Waals surface area contributed by atoms with Crippen molar-refractivity contribution < 1.29 is 23.8 Å². The number of carbonyl (C=O) groups is 2.